The maximum absolute atomic E-state index is 6.24. The number of aliphatic imine (C=N–C) groups is 1. The second-order valence-electron chi connectivity index (χ2n) is 5.84. The molecule has 1 aliphatic rings. The Morgan fingerprint density at radius 1 is 1.40 bits per heavy atom. The van der Waals surface area contributed by atoms with Crippen molar-refractivity contribution in [1.29, 1.82) is 0 Å². The second kappa shape index (κ2) is 8.74. The van der Waals surface area contributed by atoms with Gasteiger partial charge in [-0.1, -0.05) is 23.2 Å². The minimum absolute atomic E-state index is 0.320. The summed E-state index contributed by atoms with van der Waals surface area (Å²) in [6.07, 6.45) is 3.73. The van der Waals surface area contributed by atoms with Crippen molar-refractivity contribution in [3.63, 3.8) is 0 Å². The summed E-state index contributed by atoms with van der Waals surface area (Å²) in [4.78, 5) is 12.2. The fourth-order valence-electron chi connectivity index (χ4n) is 2.86. The maximum atomic E-state index is 6.24. The Morgan fingerprint density at radius 2 is 2.28 bits per heavy atom. The largest absolute Gasteiger partial charge is 0.356 e. The molecule has 0 spiro atoms. The Balaban J connectivity index is 1.47. The first-order valence-electron chi connectivity index (χ1n) is 8.22. The van der Waals surface area contributed by atoms with E-state index in [-0.39, 0.29) is 0 Å². The van der Waals surface area contributed by atoms with Gasteiger partial charge in [-0.3, -0.25) is 4.99 Å². The number of hydrogen-bond donors (Lipinski definition) is 2. The average molecular weight is 398 g/mol. The van der Waals surface area contributed by atoms with Gasteiger partial charge in [0.15, 0.2) is 5.96 Å². The van der Waals surface area contributed by atoms with Crippen LogP contribution < -0.4 is 15.5 Å². The number of thiophene rings is 1. The Morgan fingerprint density at radius 3 is 3.00 bits per heavy atom. The van der Waals surface area contributed by atoms with E-state index in [0.29, 0.717) is 11.1 Å². The van der Waals surface area contributed by atoms with Crippen LogP contribution in [0.5, 0.6) is 0 Å². The van der Waals surface area contributed by atoms with Gasteiger partial charge in [0, 0.05) is 43.8 Å². The molecule has 0 amide bonds. The zero-order chi connectivity index (χ0) is 17.6. The molecule has 8 heteroatoms. The lowest BCUT2D eigenvalue weighted by Gasteiger charge is -2.20. The van der Waals surface area contributed by atoms with Crippen LogP contribution in [0.3, 0.4) is 0 Å². The third-order valence-electron chi connectivity index (χ3n) is 4.08. The quantitative estimate of drug-likeness (QED) is 0.599. The Labute approximate surface area is 162 Å². The molecule has 1 fully saturated rings. The Bertz CT molecular complexity index is 733. The van der Waals surface area contributed by atoms with Crippen molar-refractivity contribution in [2.24, 2.45) is 4.99 Å². The molecule has 0 aromatic carbocycles. The lowest BCUT2D eigenvalue weighted by atomic mass is 10.3. The molecule has 1 atom stereocenters. The van der Waals surface area contributed by atoms with Crippen LogP contribution >= 0.6 is 34.5 Å². The molecule has 2 aromatic rings. The van der Waals surface area contributed by atoms with Crippen molar-refractivity contribution in [1.82, 2.24) is 15.6 Å². The van der Waals surface area contributed by atoms with Gasteiger partial charge in [0.05, 0.1) is 9.36 Å². The van der Waals surface area contributed by atoms with E-state index in [1.54, 1.807) is 24.6 Å². The molecule has 0 bridgehead atoms. The van der Waals surface area contributed by atoms with E-state index in [1.165, 1.54) is 4.88 Å². The van der Waals surface area contributed by atoms with Crippen molar-refractivity contribution < 1.29 is 0 Å². The lowest BCUT2D eigenvalue weighted by molar-refractivity contribution is 0.648. The molecule has 5 nitrogen and oxygen atoms in total. The standard InChI is InChI=1S/C17H21Cl2N5S/c1-20-17(22-9-6-13-4-5-15(19)25-13)23-12-7-10-24(11-12)16-14(18)3-2-8-21-16/h2-5,8,12H,6-7,9-11H2,1H3,(H2,20,22,23). The van der Waals surface area contributed by atoms with Gasteiger partial charge in [0.2, 0.25) is 0 Å². The average Bonchev–Trinajstić information content (AvgIpc) is 3.23. The fourth-order valence-corrected chi connectivity index (χ4v) is 4.19. The molecule has 2 N–H and O–H groups in total. The van der Waals surface area contributed by atoms with Crippen molar-refractivity contribution in [2.75, 3.05) is 31.6 Å². The molecule has 25 heavy (non-hydrogen) atoms. The molecule has 0 radical (unpaired) electrons. The molecular weight excluding hydrogens is 377 g/mol. The number of nitrogens with one attached hydrogen (secondary N) is 2. The van der Waals surface area contributed by atoms with E-state index in [4.69, 9.17) is 23.2 Å². The molecule has 2 aromatic heterocycles. The first-order chi connectivity index (χ1) is 12.2. The van der Waals surface area contributed by atoms with E-state index in [0.717, 1.165) is 48.6 Å². The number of hydrogen-bond acceptors (Lipinski definition) is 4. The SMILES string of the molecule is CN=C(NCCc1ccc(Cl)s1)NC1CCN(c2ncccc2Cl)C1. The smallest absolute Gasteiger partial charge is 0.191 e. The zero-order valence-electron chi connectivity index (χ0n) is 14.0. The number of anilines is 1. The van der Waals surface area contributed by atoms with Gasteiger partial charge in [-0.2, -0.15) is 0 Å². The van der Waals surface area contributed by atoms with Gasteiger partial charge in [0.25, 0.3) is 0 Å². The second-order valence-corrected chi connectivity index (χ2v) is 8.05. The highest BCUT2D eigenvalue weighted by Crippen LogP contribution is 2.25. The minimum Gasteiger partial charge on any atom is -0.356 e. The zero-order valence-corrected chi connectivity index (χ0v) is 16.3. The van der Waals surface area contributed by atoms with Crippen LogP contribution in [0, 0.1) is 0 Å². The van der Waals surface area contributed by atoms with E-state index in [1.807, 2.05) is 18.2 Å². The van der Waals surface area contributed by atoms with Gasteiger partial charge < -0.3 is 15.5 Å². The predicted octanol–water partition coefficient (Wildman–Crippen LogP) is 3.44. The van der Waals surface area contributed by atoms with Crippen molar-refractivity contribution in [2.45, 2.75) is 18.9 Å². The van der Waals surface area contributed by atoms with Gasteiger partial charge in [-0.05, 0) is 37.1 Å². The number of halogens is 2. The number of nitrogens with zero attached hydrogens (tertiary/aromatic N) is 3. The molecule has 1 saturated heterocycles. The van der Waals surface area contributed by atoms with Crippen LogP contribution in [-0.2, 0) is 6.42 Å². The summed E-state index contributed by atoms with van der Waals surface area (Å²) in [5.74, 6) is 1.67. The molecule has 3 heterocycles. The van der Waals surface area contributed by atoms with E-state index in [9.17, 15) is 0 Å². The highest BCUT2D eigenvalue weighted by molar-refractivity contribution is 7.16. The van der Waals surface area contributed by atoms with Gasteiger partial charge in [-0.15, -0.1) is 11.3 Å². The van der Waals surface area contributed by atoms with Crippen LogP contribution in [0.1, 0.15) is 11.3 Å². The number of pyridine rings is 1. The Kier molecular flexibility index (Phi) is 6.39. The molecular formula is C17H21Cl2N5S. The lowest BCUT2D eigenvalue weighted by Crippen LogP contribution is -2.45. The summed E-state index contributed by atoms with van der Waals surface area (Å²) in [5, 5.41) is 7.54. The normalized spacial score (nSPS) is 17.8. The van der Waals surface area contributed by atoms with E-state index >= 15 is 0 Å². The number of aromatic nitrogens is 1. The Hall–Kier alpha value is -1.50. The first-order valence-corrected chi connectivity index (χ1v) is 9.80. The molecule has 1 aliphatic heterocycles. The van der Waals surface area contributed by atoms with Crippen molar-refractivity contribution in [3.05, 3.63) is 44.7 Å². The van der Waals surface area contributed by atoms with Crippen LogP contribution in [0.4, 0.5) is 5.82 Å². The summed E-state index contributed by atoms with van der Waals surface area (Å²) in [7, 11) is 1.79. The van der Waals surface area contributed by atoms with E-state index in [2.05, 4.69) is 31.6 Å². The molecule has 3 rings (SSSR count). The topological polar surface area (TPSA) is 52.6 Å². The van der Waals surface area contributed by atoms with E-state index < -0.39 is 0 Å². The van der Waals surface area contributed by atoms with Crippen molar-refractivity contribution in [3.8, 4) is 0 Å². The summed E-state index contributed by atoms with van der Waals surface area (Å²) in [5.41, 5.74) is 0. The van der Waals surface area contributed by atoms with Crippen molar-refractivity contribution >= 4 is 46.3 Å². The van der Waals surface area contributed by atoms with Gasteiger partial charge >= 0.3 is 0 Å². The van der Waals surface area contributed by atoms with Gasteiger partial charge in [-0.25, -0.2) is 4.98 Å². The number of rotatable bonds is 5. The summed E-state index contributed by atoms with van der Waals surface area (Å²) in [6.45, 7) is 2.61. The monoisotopic (exact) mass is 397 g/mol. The maximum Gasteiger partial charge on any atom is 0.191 e. The number of guanidine groups is 1. The summed E-state index contributed by atoms with van der Waals surface area (Å²) >= 11 is 13.8. The molecule has 0 aliphatic carbocycles. The summed E-state index contributed by atoms with van der Waals surface area (Å²) < 4.78 is 0.830. The molecule has 1 unspecified atom stereocenters. The van der Waals surface area contributed by atoms with Crippen LogP contribution in [0.15, 0.2) is 35.5 Å². The van der Waals surface area contributed by atoms with Crippen LogP contribution in [-0.4, -0.2) is 43.7 Å². The minimum atomic E-state index is 0.320. The highest BCUT2D eigenvalue weighted by Gasteiger charge is 2.25. The van der Waals surface area contributed by atoms with Crippen LogP contribution in [0.2, 0.25) is 9.36 Å². The summed E-state index contributed by atoms with van der Waals surface area (Å²) in [6, 6.07) is 8.05. The van der Waals surface area contributed by atoms with Crippen LogP contribution in [0.25, 0.3) is 0 Å². The molecule has 0 saturated carbocycles. The molecule has 134 valence electrons. The first kappa shape index (κ1) is 18.3. The third kappa shape index (κ3) is 5.00. The predicted molar refractivity (Wildman–Crippen MR) is 107 cm³/mol. The fraction of sp³-hybridized carbons (Fsp3) is 0.412. The third-order valence-corrected chi connectivity index (χ3v) is 5.67. The van der Waals surface area contributed by atoms with Gasteiger partial charge in [0.1, 0.15) is 5.82 Å². The highest BCUT2D eigenvalue weighted by atomic mass is 35.5.